The molecular formula is C11H11BrF2O2. The Morgan fingerprint density at radius 1 is 1.44 bits per heavy atom. The van der Waals surface area contributed by atoms with Crippen LogP contribution in [-0.4, -0.2) is 18.5 Å². The van der Waals surface area contributed by atoms with Crippen LogP contribution in [0.1, 0.15) is 24.2 Å². The number of benzene rings is 1. The van der Waals surface area contributed by atoms with E-state index in [1.165, 1.54) is 6.07 Å². The first-order valence-corrected chi connectivity index (χ1v) is 5.51. The second-order valence-electron chi connectivity index (χ2n) is 3.51. The van der Waals surface area contributed by atoms with Gasteiger partial charge in [-0.3, -0.25) is 4.79 Å². The highest BCUT2D eigenvalue weighted by atomic mass is 79.9. The summed E-state index contributed by atoms with van der Waals surface area (Å²) in [5.41, 5.74) is 0.0829. The largest absolute Gasteiger partial charge is 0.371 e. The zero-order chi connectivity index (χ0) is 12.3. The van der Waals surface area contributed by atoms with Crippen molar-refractivity contribution in [1.29, 1.82) is 0 Å². The summed E-state index contributed by atoms with van der Waals surface area (Å²) in [6, 6.07) is 2.15. The molecule has 0 heterocycles. The smallest absolute Gasteiger partial charge is 0.189 e. The molecule has 0 bridgehead atoms. The first-order valence-electron chi connectivity index (χ1n) is 4.71. The van der Waals surface area contributed by atoms with E-state index in [1.54, 1.807) is 13.8 Å². The molecule has 0 amide bonds. The third-order valence-corrected chi connectivity index (χ3v) is 2.66. The highest BCUT2D eigenvalue weighted by Crippen LogP contribution is 2.23. The average molecular weight is 293 g/mol. The van der Waals surface area contributed by atoms with Crippen LogP contribution in [0.4, 0.5) is 8.78 Å². The third kappa shape index (κ3) is 3.09. The van der Waals surface area contributed by atoms with E-state index in [0.29, 0.717) is 0 Å². The predicted octanol–water partition coefficient (Wildman–Crippen LogP) is 3.34. The monoisotopic (exact) mass is 292 g/mol. The lowest BCUT2D eigenvalue weighted by molar-refractivity contribution is 0.0583. The molecule has 0 N–H and O–H groups in total. The Hall–Kier alpha value is -0.810. The van der Waals surface area contributed by atoms with Crippen molar-refractivity contribution < 1.29 is 18.3 Å². The van der Waals surface area contributed by atoms with Crippen LogP contribution in [0.25, 0.3) is 0 Å². The molecule has 0 saturated carbocycles. The molecular weight excluding hydrogens is 282 g/mol. The molecule has 0 spiro atoms. The SMILES string of the molecule is CC(C)OCC(=O)c1ccc(F)c(F)c1Br. The van der Waals surface area contributed by atoms with E-state index in [9.17, 15) is 13.6 Å². The van der Waals surface area contributed by atoms with Crippen molar-refractivity contribution in [3.05, 3.63) is 33.8 Å². The summed E-state index contributed by atoms with van der Waals surface area (Å²) < 4.78 is 30.9. The fourth-order valence-corrected chi connectivity index (χ4v) is 1.60. The zero-order valence-corrected chi connectivity index (χ0v) is 10.5. The van der Waals surface area contributed by atoms with Gasteiger partial charge in [0.25, 0.3) is 0 Å². The summed E-state index contributed by atoms with van der Waals surface area (Å²) in [4.78, 5) is 11.6. The Kier molecular flexibility index (Phi) is 4.56. The lowest BCUT2D eigenvalue weighted by Gasteiger charge is -2.08. The first-order chi connectivity index (χ1) is 7.43. The van der Waals surface area contributed by atoms with Crippen LogP contribution in [0, 0.1) is 11.6 Å². The van der Waals surface area contributed by atoms with Crippen LogP contribution < -0.4 is 0 Å². The minimum atomic E-state index is -1.06. The minimum Gasteiger partial charge on any atom is -0.371 e. The van der Waals surface area contributed by atoms with Crippen molar-refractivity contribution in [1.82, 2.24) is 0 Å². The summed E-state index contributed by atoms with van der Waals surface area (Å²) in [6.07, 6.45) is -0.0898. The molecule has 0 unspecified atom stereocenters. The van der Waals surface area contributed by atoms with Crippen LogP contribution >= 0.6 is 15.9 Å². The summed E-state index contributed by atoms with van der Waals surface area (Å²) in [7, 11) is 0. The van der Waals surface area contributed by atoms with Gasteiger partial charge in [-0.2, -0.15) is 0 Å². The molecule has 1 rings (SSSR count). The maximum atomic E-state index is 13.1. The van der Waals surface area contributed by atoms with Crippen LogP contribution in [0.5, 0.6) is 0 Å². The van der Waals surface area contributed by atoms with Gasteiger partial charge in [-0.25, -0.2) is 8.78 Å². The molecule has 1 aromatic carbocycles. The summed E-state index contributed by atoms with van der Waals surface area (Å²) in [5.74, 6) is -2.44. The van der Waals surface area contributed by atoms with Gasteiger partial charge in [-0.1, -0.05) is 0 Å². The normalized spacial score (nSPS) is 10.9. The van der Waals surface area contributed by atoms with Crippen LogP contribution in [0.2, 0.25) is 0 Å². The van der Waals surface area contributed by atoms with Crippen molar-refractivity contribution in [2.45, 2.75) is 20.0 Å². The van der Waals surface area contributed by atoms with E-state index in [-0.39, 0.29) is 28.5 Å². The van der Waals surface area contributed by atoms with Crippen molar-refractivity contribution in [2.24, 2.45) is 0 Å². The van der Waals surface area contributed by atoms with Gasteiger partial charge in [0.15, 0.2) is 17.4 Å². The van der Waals surface area contributed by atoms with Gasteiger partial charge in [0.1, 0.15) is 6.61 Å². The molecule has 0 aromatic heterocycles. The van der Waals surface area contributed by atoms with Gasteiger partial charge < -0.3 is 4.74 Å². The Bertz CT molecular complexity index is 405. The molecule has 0 aliphatic heterocycles. The van der Waals surface area contributed by atoms with Gasteiger partial charge in [0, 0.05) is 5.56 Å². The molecule has 16 heavy (non-hydrogen) atoms. The standard InChI is InChI=1S/C11H11BrF2O2/c1-6(2)16-5-9(15)7-3-4-8(13)11(14)10(7)12/h3-4,6H,5H2,1-2H3. The third-order valence-electron chi connectivity index (χ3n) is 1.88. The van der Waals surface area contributed by atoms with Crippen LogP contribution in [-0.2, 0) is 4.74 Å². The molecule has 0 saturated heterocycles. The number of hydrogen-bond acceptors (Lipinski definition) is 2. The maximum Gasteiger partial charge on any atom is 0.189 e. The van der Waals surface area contributed by atoms with Gasteiger partial charge in [-0.05, 0) is 41.9 Å². The molecule has 1 aromatic rings. The van der Waals surface area contributed by atoms with E-state index in [1.807, 2.05) is 0 Å². The fraction of sp³-hybridized carbons (Fsp3) is 0.364. The maximum absolute atomic E-state index is 13.1. The van der Waals surface area contributed by atoms with Crippen molar-refractivity contribution >= 4 is 21.7 Å². The average Bonchev–Trinajstić information content (AvgIpc) is 2.23. The number of halogens is 3. The topological polar surface area (TPSA) is 26.3 Å². The Labute approximate surface area is 101 Å². The predicted molar refractivity (Wildman–Crippen MR) is 59.5 cm³/mol. The first kappa shape index (κ1) is 13.3. The van der Waals surface area contributed by atoms with Gasteiger partial charge in [0.2, 0.25) is 0 Å². The molecule has 0 fully saturated rings. The Morgan fingerprint density at radius 3 is 2.62 bits per heavy atom. The molecule has 5 heteroatoms. The number of ether oxygens (including phenoxy) is 1. The van der Waals surface area contributed by atoms with E-state index in [0.717, 1.165) is 6.07 Å². The number of carbonyl (C=O) groups excluding carboxylic acids is 1. The number of Topliss-reactive ketones (excluding diaryl/α,β-unsaturated/α-hetero) is 1. The minimum absolute atomic E-state index is 0.0829. The highest BCUT2D eigenvalue weighted by molar-refractivity contribution is 9.10. The summed E-state index contributed by atoms with van der Waals surface area (Å²) in [5, 5.41) is 0. The van der Waals surface area contributed by atoms with Crippen LogP contribution in [0.3, 0.4) is 0 Å². The molecule has 88 valence electrons. The highest BCUT2D eigenvalue weighted by Gasteiger charge is 2.16. The second-order valence-corrected chi connectivity index (χ2v) is 4.30. The van der Waals surface area contributed by atoms with E-state index in [4.69, 9.17) is 4.74 Å². The lowest BCUT2D eigenvalue weighted by Crippen LogP contribution is -2.14. The zero-order valence-electron chi connectivity index (χ0n) is 8.89. The van der Waals surface area contributed by atoms with Gasteiger partial charge >= 0.3 is 0 Å². The van der Waals surface area contributed by atoms with E-state index >= 15 is 0 Å². The van der Waals surface area contributed by atoms with E-state index in [2.05, 4.69) is 15.9 Å². The molecule has 0 aliphatic carbocycles. The van der Waals surface area contributed by atoms with Crippen molar-refractivity contribution in [2.75, 3.05) is 6.61 Å². The number of carbonyl (C=O) groups is 1. The van der Waals surface area contributed by atoms with Crippen LogP contribution in [0.15, 0.2) is 16.6 Å². The number of hydrogen-bond donors (Lipinski definition) is 0. The van der Waals surface area contributed by atoms with Gasteiger partial charge in [0.05, 0.1) is 10.6 Å². The molecule has 0 radical (unpaired) electrons. The second kappa shape index (κ2) is 5.50. The number of ketones is 1. The van der Waals surface area contributed by atoms with Crippen molar-refractivity contribution in [3.63, 3.8) is 0 Å². The van der Waals surface area contributed by atoms with E-state index < -0.39 is 11.6 Å². The molecule has 2 nitrogen and oxygen atoms in total. The lowest BCUT2D eigenvalue weighted by atomic mass is 10.1. The van der Waals surface area contributed by atoms with Gasteiger partial charge in [-0.15, -0.1) is 0 Å². The molecule has 0 aliphatic rings. The number of rotatable bonds is 4. The molecule has 0 atom stereocenters. The van der Waals surface area contributed by atoms with Crippen molar-refractivity contribution in [3.8, 4) is 0 Å². The summed E-state index contributed by atoms with van der Waals surface area (Å²) in [6.45, 7) is 3.42. The quantitative estimate of drug-likeness (QED) is 0.628. The summed E-state index contributed by atoms with van der Waals surface area (Å²) >= 11 is 2.85. The fourth-order valence-electron chi connectivity index (χ4n) is 1.06. The Balaban J connectivity index is 2.88. The Morgan fingerprint density at radius 2 is 2.06 bits per heavy atom.